The fourth-order valence-corrected chi connectivity index (χ4v) is 5.01. The molecule has 4 rings (SSSR count). The monoisotopic (exact) mass is 466 g/mol. The van der Waals surface area contributed by atoms with Gasteiger partial charge in [-0.15, -0.1) is 0 Å². The van der Waals surface area contributed by atoms with Crippen molar-refractivity contribution in [3.8, 4) is 0 Å². The molecule has 10 nitrogen and oxygen atoms in total. The highest BCUT2D eigenvalue weighted by molar-refractivity contribution is 5.95. The predicted octanol–water partition coefficient (Wildman–Crippen LogP) is 0.861. The van der Waals surface area contributed by atoms with Gasteiger partial charge in [-0.25, -0.2) is 14.8 Å². The van der Waals surface area contributed by atoms with Gasteiger partial charge in [-0.05, 0) is 30.2 Å². The Kier molecular flexibility index (Phi) is 6.43. The van der Waals surface area contributed by atoms with Crippen molar-refractivity contribution in [3.05, 3.63) is 48.0 Å². The minimum atomic E-state index is -1.08. The molecule has 3 atom stereocenters. The lowest BCUT2D eigenvalue weighted by atomic mass is 9.96. The Morgan fingerprint density at radius 2 is 1.82 bits per heavy atom. The molecule has 2 aliphatic heterocycles. The molecule has 2 fully saturated rings. The molecule has 2 aromatic rings. The second kappa shape index (κ2) is 9.30. The molecule has 2 saturated heterocycles. The molecule has 3 N–H and O–H groups in total. The molecule has 34 heavy (non-hydrogen) atoms. The molecule has 10 heteroatoms. The predicted molar refractivity (Wildman–Crippen MR) is 126 cm³/mol. The van der Waals surface area contributed by atoms with E-state index in [9.17, 15) is 19.2 Å². The first-order chi connectivity index (χ1) is 16.2. The second-order valence-electron chi connectivity index (χ2n) is 8.74. The van der Waals surface area contributed by atoms with Crippen LogP contribution in [0.5, 0.6) is 0 Å². The minimum Gasteiger partial charge on any atom is -0.370 e. The topological polar surface area (TPSA) is 119 Å². The van der Waals surface area contributed by atoms with Crippen molar-refractivity contribution in [3.63, 3.8) is 0 Å². The van der Waals surface area contributed by atoms with Crippen molar-refractivity contribution in [1.29, 1.82) is 0 Å². The van der Waals surface area contributed by atoms with Gasteiger partial charge in [-0.1, -0.05) is 42.5 Å². The number of carbonyl (C=O) groups is 4. The number of benzene rings is 2. The molecule has 0 saturated carbocycles. The Labute approximate surface area is 198 Å². The molecule has 0 radical (unpaired) electrons. The Balaban J connectivity index is 1.78. The van der Waals surface area contributed by atoms with E-state index in [1.165, 1.54) is 9.91 Å². The van der Waals surface area contributed by atoms with Crippen LogP contribution in [0.2, 0.25) is 0 Å². The van der Waals surface area contributed by atoms with Gasteiger partial charge in [0, 0.05) is 20.1 Å². The fraction of sp³-hybridized carbons (Fsp3) is 0.417. The van der Waals surface area contributed by atoms with Crippen LogP contribution in [0.4, 0.5) is 4.79 Å². The van der Waals surface area contributed by atoms with E-state index in [4.69, 9.17) is 5.73 Å². The van der Waals surface area contributed by atoms with E-state index in [0.717, 1.165) is 16.3 Å². The lowest BCUT2D eigenvalue weighted by molar-refractivity contribution is -0.196. The fourth-order valence-electron chi connectivity index (χ4n) is 5.01. The number of fused-ring (bicyclic) bond motifs is 2. The summed E-state index contributed by atoms with van der Waals surface area (Å²) in [5.74, 6) is -1.37. The molecular weight excluding hydrogens is 436 g/mol. The molecule has 5 amide bonds. The number of piperazine rings is 1. The maximum Gasteiger partial charge on any atom is 0.333 e. The third-order valence-corrected chi connectivity index (χ3v) is 6.53. The minimum absolute atomic E-state index is 0.0911. The molecule has 180 valence electrons. The van der Waals surface area contributed by atoms with Gasteiger partial charge in [0.05, 0.1) is 19.0 Å². The van der Waals surface area contributed by atoms with Crippen LogP contribution in [0.25, 0.3) is 10.8 Å². The number of carbonyl (C=O) groups excluding carboxylic acids is 4. The zero-order chi connectivity index (χ0) is 24.6. The summed E-state index contributed by atoms with van der Waals surface area (Å²) in [6.07, 6.45) is -1.10. The van der Waals surface area contributed by atoms with E-state index in [2.05, 4.69) is 5.32 Å². The Morgan fingerprint density at radius 3 is 2.53 bits per heavy atom. The summed E-state index contributed by atoms with van der Waals surface area (Å²) >= 11 is 0. The maximum atomic E-state index is 13.7. The largest absolute Gasteiger partial charge is 0.370 e. The first-order valence-corrected chi connectivity index (χ1v) is 11.4. The van der Waals surface area contributed by atoms with Crippen LogP contribution in [-0.2, 0) is 20.9 Å². The number of nitrogens with zero attached hydrogens (tertiary/aromatic N) is 4. The van der Waals surface area contributed by atoms with E-state index in [1.807, 2.05) is 49.4 Å². The summed E-state index contributed by atoms with van der Waals surface area (Å²) in [6.45, 7) is 4.21. The number of hydrogen-bond donors (Lipinski definition) is 2. The van der Waals surface area contributed by atoms with E-state index in [-0.39, 0.29) is 37.4 Å². The first-order valence-electron chi connectivity index (χ1n) is 11.4. The molecule has 0 bridgehead atoms. The van der Waals surface area contributed by atoms with E-state index >= 15 is 0 Å². The van der Waals surface area contributed by atoms with Gasteiger partial charge in [0.1, 0.15) is 12.2 Å². The van der Waals surface area contributed by atoms with Gasteiger partial charge in [-0.3, -0.25) is 14.4 Å². The molecule has 2 heterocycles. The lowest BCUT2D eigenvalue weighted by Crippen LogP contribution is -2.78. The molecule has 0 aromatic heterocycles. The van der Waals surface area contributed by atoms with Gasteiger partial charge >= 0.3 is 6.03 Å². The summed E-state index contributed by atoms with van der Waals surface area (Å²) in [6, 6.07) is 11.8. The van der Waals surface area contributed by atoms with E-state index in [1.54, 1.807) is 23.9 Å². The number of hydrogen-bond acceptors (Lipinski definition) is 5. The summed E-state index contributed by atoms with van der Waals surface area (Å²) in [5.41, 5.74) is 6.41. The van der Waals surface area contributed by atoms with Gasteiger partial charge in [0.2, 0.25) is 17.7 Å². The van der Waals surface area contributed by atoms with Crippen LogP contribution >= 0.6 is 0 Å². The smallest absolute Gasteiger partial charge is 0.333 e. The Morgan fingerprint density at radius 1 is 1.12 bits per heavy atom. The van der Waals surface area contributed by atoms with Crippen LogP contribution in [0.3, 0.4) is 0 Å². The molecule has 0 aliphatic carbocycles. The number of urea groups is 1. The molecule has 0 unspecified atom stereocenters. The molecular formula is C24H30N6O4. The number of hydrazine groups is 1. The molecule has 2 aliphatic rings. The Bertz CT molecular complexity index is 1130. The van der Waals surface area contributed by atoms with E-state index < -0.39 is 24.2 Å². The summed E-state index contributed by atoms with van der Waals surface area (Å²) < 4.78 is 0. The summed E-state index contributed by atoms with van der Waals surface area (Å²) in [5, 5.41) is 7.86. The highest BCUT2D eigenvalue weighted by atomic mass is 16.2. The van der Waals surface area contributed by atoms with Crippen molar-refractivity contribution in [1.82, 2.24) is 25.1 Å². The van der Waals surface area contributed by atoms with Crippen LogP contribution in [0.1, 0.15) is 25.8 Å². The maximum absolute atomic E-state index is 13.7. The van der Waals surface area contributed by atoms with Crippen LogP contribution in [0, 0.1) is 0 Å². The quantitative estimate of drug-likeness (QED) is 0.678. The number of amides is 5. The zero-order valence-electron chi connectivity index (χ0n) is 19.6. The summed E-state index contributed by atoms with van der Waals surface area (Å²) in [7, 11) is 1.66. The van der Waals surface area contributed by atoms with Gasteiger partial charge in [0.15, 0.2) is 0 Å². The average molecular weight is 467 g/mol. The first kappa shape index (κ1) is 23.5. The highest BCUT2D eigenvalue weighted by Gasteiger charge is 2.54. The third kappa shape index (κ3) is 4.05. The molecule has 0 spiro atoms. The van der Waals surface area contributed by atoms with Crippen molar-refractivity contribution in [2.24, 2.45) is 5.73 Å². The number of nitrogens with two attached hydrogens (primary N) is 1. The third-order valence-electron chi connectivity index (χ3n) is 6.53. The van der Waals surface area contributed by atoms with Crippen molar-refractivity contribution in [2.45, 2.75) is 45.1 Å². The lowest BCUT2D eigenvalue weighted by Gasteiger charge is -2.57. The number of rotatable bonds is 5. The number of nitrogens with one attached hydrogen (secondary N) is 1. The van der Waals surface area contributed by atoms with Crippen LogP contribution in [0.15, 0.2) is 42.5 Å². The average Bonchev–Trinajstić information content (AvgIpc) is 2.79. The van der Waals surface area contributed by atoms with Gasteiger partial charge in [-0.2, -0.15) is 0 Å². The van der Waals surface area contributed by atoms with Crippen molar-refractivity contribution < 1.29 is 19.2 Å². The zero-order valence-corrected chi connectivity index (χ0v) is 19.6. The molecule has 2 aromatic carbocycles. The number of likely N-dealkylation sites (N-methyl/N-ethyl adjacent to an activating group) is 1. The van der Waals surface area contributed by atoms with E-state index in [0.29, 0.717) is 6.54 Å². The number of primary amides is 1. The SMILES string of the molecule is CCNC(=O)N1[C@H]2[C@H](C)N(Cc3cccc4ccccc34)C(=O)[C@H](CC(N)=O)N2C(=O)CN1C. The van der Waals surface area contributed by atoms with Crippen LogP contribution in [-0.4, -0.2) is 82.0 Å². The highest BCUT2D eigenvalue weighted by Crippen LogP contribution is 2.33. The second-order valence-corrected chi connectivity index (χ2v) is 8.74. The standard InChI is InChI=1S/C24H30N6O4/c1-4-26-24(34)30-22-15(2)28(13-17-10-7-9-16-8-5-6-11-18(16)17)23(33)19(12-20(25)31)29(22)21(32)14-27(30)3/h5-11,15,19,22H,4,12-14H2,1-3H3,(H2,25,31)(H,26,34)/t15-,19-,22-/m0/s1. The van der Waals surface area contributed by atoms with Gasteiger partial charge < -0.3 is 20.9 Å². The van der Waals surface area contributed by atoms with Crippen LogP contribution < -0.4 is 11.1 Å². The normalized spacial score (nSPS) is 23.3. The Hall–Kier alpha value is -3.66. The van der Waals surface area contributed by atoms with Crippen molar-refractivity contribution >= 4 is 34.5 Å². The van der Waals surface area contributed by atoms with Gasteiger partial charge in [0.25, 0.3) is 0 Å². The summed E-state index contributed by atoms with van der Waals surface area (Å²) in [4.78, 5) is 54.7. The van der Waals surface area contributed by atoms with Crippen molar-refractivity contribution in [2.75, 3.05) is 20.1 Å².